The molecule has 1 aromatic rings. The zero-order valence-corrected chi connectivity index (χ0v) is 10.6. The van der Waals surface area contributed by atoms with E-state index in [2.05, 4.69) is 24.4 Å². The largest absolute Gasteiger partial charge is 0.497 e. The molecule has 1 N–H and O–H groups in total. The lowest BCUT2D eigenvalue weighted by molar-refractivity contribution is 0.414. The lowest BCUT2D eigenvalue weighted by Crippen LogP contribution is -2.27. The zero-order chi connectivity index (χ0) is 11.8. The Bertz CT molecular complexity index is 281. The number of likely N-dealkylation sites (N-methyl/N-ethyl adjacent to an activating group) is 1. The summed E-state index contributed by atoms with van der Waals surface area (Å²) < 4.78 is 5.15. The third-order valence-electron chi connectivity index (χ3n) is 2.96. The highest BCUT2D eigenvalue weighted by atomic mass is 16.5. The van der Waals surface area contributed by atoms with Crippen LogP contribution in [0.5, 0.6) is 5.75 Å². The molecule has 1 rings (SSSR count). The monoisotopic (exact) mass is 221 g/mol. The fraction of sp³-hybridized carbons (Fsp3) is 0.571. The van der Waals surface area contributed by atoms with E-state index in [1.807, 2.05) is 19.2 Å². The van der Waals surface area contributed by atoms with Crippen molar-refractivity contribution < 1.29 is 4.74 Å². The highest BCUT2D eigenvalue weighted by Gasteiger charge is 2.06. The molecule has 0 saturated heterocycles. The first kappa shape index (κ1) is 13.0. The number of hydrogen-bond donors (Lipinski definition) is 1. The van der Waals surface area contributed by atoms with Crippen LogP contribution in [-0.2, 0) is 6.42 Å². The molecule has 1 aromatic carbocycles. The van der Waals surface area contributed by atoms with Crippen LogP contribution in [-0.4, -0.2) is 20.2 Å². The van der Waals surface area contributed by atoms with Gasteiger partial charge >= 0.3 is 0 Å². The van der Waals surface area contributed by atoms with Gasteiger partial charge in [0, 0.05) is 6.04 Å². The molecule has 0 aliphatic heterocycles. The molecule has 0 heterocycles. The van der Waals surface area contributed by atoms with E-state index in [0.29, 0.717) is 6.04 Å². The number of rotatable bonds is 7. The van der Waals surface area contributed by atoms with Crippen molar-refractivity contribution in [3.63, 3.8) is 0 Å². The van der Waals surface area contributed by atoms with Crippen LogP contribution in [0.25, 0.3) is 0 Å². The summed E-state index contributed by atoms with van der Waals surface area (Å²) in [4.78, 5) is 0. The van der Waals surface area contributed by atoms with Crippen molar-refractivity contribution in [1.29, 1.82) is 0 Å². The molecular weight excluding hydrogens is 198 g/mol. The summed E-state index contributed by atoms with van der Waals surface area (Å²) in [5.74, 6) is 0.929. The molecule has 90 valence electrons. The average Bonchev–Trinajstić information content (AvgIpc) is 2.35. The molecule has 16 heavy (non-hydrogen) atoms. The lowest BCUT2D eigenvalue weighted by atomic mass is 10.0. The van der Waals surface area contributed by atoms with Crippen LogP contribution in [0.2, 0.25) is 0 Å². The van der Waals surface area contributed by atoms with E-state index in [1.165, 1.54) is 24.8 Å². The van der Waals surface area contributed by atoms with Crippen molar-refractivity contribution in [3.8, 4) is 5.75 Å². The minimum Gasteiger partial charge on any atom is -0.497 e. The Morgan fingerprint density at radius 3 is 2.44 bits per heavy atom. The van der Waals surface area contributed by atoms with E-state index in [1.54, 1.807) is 7.11 Å². The molecule has 0 radical (unpaired) electrons. The second kappa shape index (κ2) is 7.29. The quantitative estimate of drug-likeness (QED) is 0.764. The number of benzene rings is 1. The summed E-state index contributed by atoms with van der Waals surface area (Å²) >= 11 is 0. The Balaban J connectivity index is 2.49. The fourth-order valence-corrected chi connectivity index (χ4v) is 1.85. The minimum atomic E-state index is 0.591. The van der Waals surface area contributed by atoms with Crippen LogP contribution in [0.1, 0.15) is 31.7 Å². The van der Waals surface area contributed by atoms with Gasteiger partial charge in [0.2, 0.25) is 0 Å². The molecule has 0 fully saturated rings. The highest BCUT2D eigenvalue weighted by Crippen LogP contribution is 2.14. The van der Waals surface area contributed by atoms with Gasteiger partial charge in [-0.25, -0.2) is 0 Å². The van der Waals surface area contributed by atoms with Crippen molar-refractivity contribution in [2.45, 2.75) is 38.6 Å². The Kier molecular flexibility index (Phi) is 5.94. The molecule has 0 bridgehead atoms. The van der Waals surface area contributed by atoms with Gasteiger partial charge in [0.25, 0.3) is 0 Å². The topological polar surface area (TPSA) is 21.3 Å². The van der Waals surface area contributed by atoms with E-state index >= 15 is 0 Å². The van der Waals surface area contributed by atoms with Gasteiger partial charge in [-0.3, -0.25) is 0 Å². The maximum atomic E-state index is 5.15. The number of unbranched alkanes of at least 4 members (excludes halogenated alkanes) is 1. The molecule has 1 unspecified atom stereocenters. The van der Waals surface area contributed by atoms with Crippen LogP contribution in [0.4, 0.5) is 0 Å². The van der Waals surface area contributed by atoms with Crippen molar-refractivity contribution in [2.24, 2.45) is 0 Å². The molecular formula is C14H23NO. The van der Waals surface area contributed by atoms with Gasteiger partial charge in [0.1, 0.15) is 5.75 Å². The van der Waals surface area contributed by atoms with Crippen molar-refractivity contribution >= 4 is 0 Å². The van der Waals surface area contributed by atoms with Gasteiger partial charge in [0.15, 0.2) is 0 Å². The van der Waals surface area contributed by atoms with Crippen LogP contribution in [0.15, 0.2) is 24.3 Å². The molecule has 1 atom stereocenters. The maximum Gasteiger partial charge on any atom is 0.118 e. The normalized spacial score (nSPS) is 12.4. The Labute approximate surface area is 99.0 Å². The second-order valence-corrected chi connectivity index (χ2v) is 4.18. The minimum absolute atomic E-state index is 0.591. The molecule has 0 aliphatic rings. The molecule has 0 spiro atoms. The smallest absolute Gasteiger partial charge is 0.118 e. The van der Waals surface area contributed by atoms with Gasteiger partial charge in [-0.05, 0) is 37.6 Å². The van der Waals surface area contributed by atoms with E-state index in [-0.39, 0.29) is 0 Å². The Hall–Kier alpha value is -1.02. The van der Waals surface area contributed by atoms with E-state index < -0.39 is 0 Å². The fourth-order valence-electron chi connectivity index (χ4n) is 1.85. The van der Waals surface area contributed by atoms with Crippen LogP contribution in [0.3, 0.4) is 0 Å². The molecule has 0 amide bonds. The molecule has 2 nitrogen and oxygen atoms in total. The van der Waals surface area contributed by atoms with Gasteiger partial charge in [-0.2, -0.15) is 0 Å². The summed E-state index contributed by atoms with van der Waals surface area (Å²) in [6.07, 6.45) is 4.90. The van der Waals surface area contributed by atoms with E-state index in [9.17, 15) is 0 Å². The molecule has 0 saturated carbocycles. The summed E-state index contributed by atoms with van der Waals surface area (Å²) in [7, 11) is 3.75. The van der Waals surface area contributed by atoms with E-state index in [0.717, 1.165) is 12.2 Å². The summed E-state index contributed by atoms with van der Waals surface area (Å²) in [6.45, 7) is 2.24. The van der Waals surface area contributed by atoms with Crippen molar-refractivity contribution in [1.82, 2.24) is 5.32 Å². The summed E-state index contributed by atoms with van der Waals surface area (Å²) in [5.41, 5.74) is 1.37. The first-order valence-electron chi connectivity index (χ1n) is 6.10. The highest BCUT2D eigenvalue weighted by molar-refractivity contribution is 5.27. The van der Waals surface area contributed by atoms with Gasteiger partial charge in [-0.1, -0.05) is 31.9 Å². The van der Waals surface area contributed by atoms with Crippen LogP contribution < -0.4 is 10.1 Å². The summed E-state index contributed by atoms with van der Waals surface area (Å²) in [5, 5.41) is 3.38. The van der Waals surface area contributed by atoms with Crippen molar-refractivity contribution in [2.75, 3.05) is 14.2 Å². The average molecular weight is 221 g/mol. The maximum absolute atomic E-state index is 5.15. The zero-order valence-electron chi connectivity index (χ0n) is 10.6. The van der Waals surface area contributed by atoms with Gasteiger partial charge < -0.3 is 10.1 Å². The van der Waals surface area contributed by atoms with Crippen LogP contribution >= 0.6 is 0 Å². The van der Waals surface area contributed by atoms with Crippen molar-refractivity contribution in [3.05, 3.63) is 29.8 Å². The summed E-state index contributed by atoms with van der Waals surface area (Å²) in [6, 6.07) is 8.95. The number of nitrogens with one attached hydrogen (secondary N) is 1. The third kappa shape index (κ3) is 4.23. The lowest BCUT2D eigenvalue weighted by Gasteiger charge is -2.15. The second-order valence-electron chi connectivity index (χ2n) is 4.18. The predicted octanol–water partition coefficient (Wildman–Crippen LogP) is 3.02. The SMILES string of the molecule is CCCCC(Cc1ccc(OC)cc1)NC. The Morgan fingerprint density at radius 1 is 1.25 bits per heavy atom. The van der Waals surface area contributed by atoms with Gasteiger partial charge in [0.05, 0.1) is 7.11 Å². The first-order chi connectivity index (χ1) is 7.80. The number of methoxy groups -OCH3 is 1. The predicted molar refractivity (Wildman–Crippen MR) is 69.1 cm³/mol. The molecule has 0 aliphatic carbocycles. The Morgan fingerprint density at radius 2 is 1.94 bits per heavy atom. The first-order valence-corrected chi connectivity index (χ1v) is 6.10. The molecule has 0 aromatic heterocycles. The van der Waals surface area contributed by atoms with Crippen LogP contribution in [0, 0.1) is 0 Å². The molecule has 2 heteroatoms. The van der Waals surface area contributed by atoms with E-state index in [4.69, 9.17) is 4.74 Å². The number of hydrogen-bond acceptors (Lipinski definition) is 2. The van der Waals surface area contributed by atoms with Gasteiger partial charge in [-0.15, -0.1) is 0 Å². The number of ether oxygens (including phenoxy) is 1. The standard InChI is InChI=1S/C14H23NO/c1-4-5-6-13(15-2)11-12-7-9-14(16-3)10-8-12/h7-10,13,15H,4-6,11H2,1-3H3. The third-order valence-corrected chi connectivity index (χ3v) is 2.96.